The van der Waals surface area contributed by atoms with E-state index < -0.39 is 0 Å². The predicted octanol–water partition coefficient (Wildman–Crippen LogP) is 0.236. The highest BCUT2D eigenvalue weighted by Crippen LogP contribution is 2.26. The molecule has 80 valence electrons. The van der Waals surface area contributed by atoms with Crippen LogP contribution >= 0.6 is 0 Å². The molecule has 1 aromatic carbocycles. The first kappa shape index (κ1) is 9.98. The van der Waals surface area contributed by atoms with Gasteiger partial charge in [-0.1, -0.05) is 12.1 Å². The summed E-state index contributed by atoms with van der Waals surface area (Å²) in [5.41, 5.74) is 7.22. The fourth-order valence-electron chi connectivity index (χ4n) is 1.97. The van der Waals surface area contributed by atoms with Crippen molar-refractivity contribution in [1.82, 2.24) is 4.90 Å². The van der Waals surface area contributed by atoms with E-state index >= 15 is 0 Å². The zero-order valence-electron chi connectivity index (χ0n) is 8.44. The third kappa shape index (κ3) is 2.10. The Morgan fingerprint density at radius 2 is 2.33 bits per heavy atom. The molecule has 0 spiro atoms. The van der Waals surface area contributed by atoms with Crippen LogP contribution in [0.2, 0.25) is 0 Å². The van der Waals surface area contributed by atoms with Gasteiger partial charge >= 0.3 is 0 Å². The van der Waals surface area contributed by atoms with E-state index in [1.807, 2.05) is 17.0 Å². The number of phenolic OH excluding ortho intramolecular Hbond substituents is 1. The smallest absolute Gasteiger partial charge is 0.231 e. The number of benzene rings is 1. The van der Waals surface area contributed by atoms with E-state index in [9.17, 15) is 9.90 Å². The summed E-state index contributed by atoms with van der Waals surface area (Å²) in [7, 11) is 0. The minimum Gasteiger partial charge on any atom is -0.508 e. The second-order valence-corrected chi connectivity index (χ2v) is 3.84. The maximum Gasteiger partial charge on any atom is 0.231 e. The molecule has 1 aliphatic heterocycles. The molecule has 1 amide bonds. The van der Waals surface area contributed by atoms with Gasteiger partial charge in [0.25, 0.3) is 0 Å². The normalized spacial score (nSPS) is 16.0. The summed E-state index contributed by atoms with van der Waals surface area (Å²) in [5.74, 6) is -0.0180. The Morgan fingerprint density at radius 3 is 3.07 bits per heavy atom. The van der Waals surface area contributed by atoms with Gasteiger partial charge in [0.05, 0.1) is 6.54 Å². The van der Waals surface area contributed by atoms with E-state index in [1.54, 1.807) is 6.07 Å². The molecule has 0 fully saturated rings. The van der Waals surface area contributed by atoms with Crippen molar-refractivity contribution >= 4 is 5.91 Å². The quantitative estimate of drug-likeness (QED) is 0.728. The number of nitrogens with zero attached hydrogens (tertiary/aromatic N) is 1. The number of carbonyl (C=O) groups excluding carboxylic acids is 1. The van der Waals surface area contributed by atoms with Crippen LogP contribution in [0.25, 0.3) is 0 Å². The molecule has 0 radical (unpaired) electrons. The summed E-state index contributed by atoms with van der Waals surface area (Å²) in [5, 5.41) is 9.67. The standard InChI is InChI=1S/C11H14N2O2/c12-11(15)7-13-5-4-8-2-1-3-10(14)9(8)6-13/h1-3,14H,4-7H2,(H2,12,15). The number of hydrogen-bond acceptors (Lipinski definition) is 3. The third-order valence-electron chi connectivity index (χ3n) is 2.71. The Morgan fingerprint density at radius 1 is 1.53 bits per heavy atom. The minimum atomic E-state index is -0.325. The van der Waals surface area contributed by atoms with Crippen molar-refractivity contribution in [2.45, 2.75) is 13.0 Å². The molecule has 0 bridgehead atoms. The first-order valence-corrected chi connectivity index (χ1v) is 4.97. The average Bonchev–Trinajstić information content (AvgIpc) is 2.18. The highest BCUT2D eigenvalue weighted by atomic mass is 16.3. The molecule has 1 aliphatic rings. The number of nitrogens with two attached hydrogens (primary N) is 1. The maximum absolute atomic E-state index is 10.8. The van der Waals surface area contributed by atoms with Crippen LogP contribution in [0.5, 0.6) is 5.75 Å². The molecule has 4 nitrogen and oxygen atoms in total. The first-order chi connectivity index (χ1) is 7.16. The fourth-order valence-corrected chi connectivity index (χ4v) is 1.97. The monoisotopic (exact) mass is 206 g/mol. The van der Waals surface area contributed by atoms with Crippen LogP contribution < -0.4 is 5.73 Å². The molecule has 1 aromatic rings. The van der Waals surface area contributed by atoms with Gasteiger partial charge < -0.3 is 10.8 Å². The molecule has 0 aromatic heterocycles. The van der Waals surface area contributed by atoms with Gasteiger partial charge in [-0.15, -0.1) is 0 Å². The molecule has 0 saturated carbocycles. The lowest BCUT2D eigenvalue weighted by molar-refractivity contribution is -0.119. The number of primary amides is 1. The number of amides is 1. The van der Waals surface area contributed by atoms with E-state index in [4.69, 9.17) is 5.73 Å². The molecule has 0 saturated heterocycles. The van der Waals surface area contributed by atoms with Crippen LogP contribution in [0, 0.1) is 0 Å². The van der Waals surface area contributed by atoms with Crippen LogP contribution in [-0.2, 0) is 17.8 Å². The van der Waals surface area contributed by atoms with Crippen LogP contribution in [-0.4, -0.2) is 29.0 Å². The van der Waals surface area contributed by atoms with Crippen molar-refractivity contribution in [3.05, 3.63) is 29.3 Å². The number of phenols is 1. The van der Waals surface area contributed by atoms with E-state index in [-0.39, 0.29) is 12.5 Å². The third-order valence-corrected chi connectivity index (χ3v) is 2.71. The van der Waals surface area contributed by atoms with Crippen LogP contribution in [0.1, 0.15) is 11.1 Å². The van der Waals surface area contributed by atoms with Gasteiger partial charge in [-0.3, -0.25) is 9.69 Å². The highest BCUT2D eigenvalue weighted by molar-refractivity contribution is 5.76. The molecular weight excluding hydrogens is 192 g/mol. The largest absolute Gasteiger partial charge is 0.508 e. The first-order valence-electron chi connectivity index (χ1n) is 4.97. The number of fused-ring (bicyclic) bond motifs is 1. The lowest BCUT2D eigenvalue weighted by Crippen LogP contribution is -2.37. The van der Waals surface area contributed by atoms with Crippen molar-refractivity contribution < 1.29 is 9.90 Å². The molecule has 4 heteroatoms. The van der Waals surface area contributed by atoms with Gasteiger partial charge in [-0.25, -0.2) is 0 Å². The number of rotatable bonds is 2. The van der Waals surface area contributed by atoms with Gasteiger partial charge in [-0.2, -0.15) is 0 Å². The van der Waals surface area contributed by atoms with Crippen LogP contribution in [0.4, 0.5) is 0 Å². The van der Waals surface area contributed by atoms with Crippen molar-refractivity contribution in [3.63, 3.8) is 0 Å². The topological polar surface area (TPSA) is 66.6 Å². The average molecular weight is 206 g/mol. The number of hydrogen-bond donors (Lipinski definition) is 2. The molecule has 1 heterocycles. The van der Waals surface area contributed by atoms with Gasteiger partial charge in [0.2, 0.25) is 5.91 Å². The van der Waals surface area contributed by atoms with E-state index in [0.29, 0.717) is 12.3 Å². The van der Waals surface area contributed by atoms with Gasteiger partial charge in [0, 0.05) is 18.7 Å². The summed E-state index contributed by atoms with van der Waals surface area (Å²) in [6.45, 7) is 1.68. The Bertz CT molecular complexity index is 390. The Labute approximate surface area is 88.3 Å². The SMILES string of the molecule is NC(=O)CN1CCc2cccc(O)c2C1. The molecule has 15 heavy (non-hydrogen) atoms. The molecule has 0 aliphatic carbocycles. The summed E-state index contributed by atoms with van der Waals surface area (Å²) in [4.78, 5) is 12.7. The predicted molar refractivity (Wildman–Crippen MR) is 56.3 cm³/mol. The summed E-state index contributed by atoms with van der Waals surface area (Å²) in [6, 6.07) is 5.53. The second-order valence-electron chi connectivity index (χ2n) is 3.84. The Balaban J connectivity index is 2.18. The number of carbonyl (C=O) groups is 1. The van der Waals surface area contributed by atoms with Crippen molar-refractivity contribution in [1.29, 1.82) is 0 Å². The maximum atomic E-state index is 10.8. The molecular formula is C11H14N2O2. The van der Waals surface area contributed by atoms with E-state index in [2.05, 4.69) is 0 Å². The molecule has 0 unspecified atom stereocenters. The summed E-state index contributed by atoms with van der Waals surface area (Å²) >= 11 is 0. The lowest BCUT2D eigenvalue weighted by Gasteiger charge is -2.27. The van der Waals surface area contributed by atoms with E-state index in [0.717, 1.165) is 24.1 Å². The minimum absolute atomic E-state index is 0.258. The van der Waals surface area contributed by atoms with Gasteiger partial charge in [0.1, 0.15) is 5.75 Å². The van der Waals surface area contributed by atoms with Crippen LogP contribution in [0.15, 0.2) is 18.2 Å². The van der Waals surface area contributed by atoms with Crippen molar-refractivity contribution in [2.75, 3.05) is 13.1 Å². The Hall–Kier alpha value is -1.55. The number of aromatic hydroxyl groups is 1. The zero-order valence-corrected chi connectivity index (χ0v) is 8.44. The molecule has 0 atom stereocenters. The second kappa shape index (κ2) is 3.90. The zero-order chi connectivity index (χ0) is 10.8. The van der Waals surface area contributed by atoms with Crippen molar-refractivity contribution in [3.8, 4) is 5.75 Å². The van der Waals surface area contributed by atoms with Crippen LogP contribution in [0.3, 0.4) is 0 Å². The highest BCUT2D eigenvalue weighted by Gasteiger charge is 2.19. The molecule has 2 rings (SSSR count). The molecule has 3 N–H and O–H groups in total. The van der Waals surface area contributed by atoms with Gasteiger partial charge in [-0.05, 0) is 18.1 Å². The summed E-state index contributed by atoms with van der Waals surface area (Å²) < 4.78 is 0. The summed E-state index contributed by atoms with van der Waals surface area (Å²) in [6.07, 6.45) is 0.858. The van der Waals surface area contributed by atoms with E-state index in [1.165, 1.54) is 0 Å². The lowest BCUT2D eigenvalue weighted by atomic mass is 9.99. The Kier molecular flexibility index (Phi) is 2.60. The van der Waals surface area contributed by atoms with Crippen molar-refractivity contribution in [2.24, 2.45) is 5.73 Å². The van der Waals surface area contributed by atoms with Gasteiger partial charge in [0.15, 0.2) is 0 Å². The fraction of sp³-hybridized carbons (Fsp3) is 0.364.